The molecule has 0 aliphatic rings. The molecular formula is C13H11BrClNO3. The minimum absolute atomic E-state index is 0.259. The van der Waals surface area contributed by atoms with Crippen LogP contribution >= 0.6 is 27.5 Å². The van der Waals surface area contributed by atoms with Crippen LogP contribution in [0.5, 0.6) is 0 Å². The van der Waals surface area contributed by atoms with E-state index in [4.69, 9.17) is 16.0 Å². The first-order valence-corrected chi connectivity index (χ1v) is 6.69. The topological polar surface area (TPSA) is 62.5 Å². The van der Waals surface area contributed by atoms with Crippen LogP contribution in [0.25, 0.3) is 0 Å². The van der Waals surface area contributed by atoms with Gasteiger partial charge in [-0.1, -0.05) is 17.7 Å². The molecule has 1 atom stereocenters. The van der Waals surface area contributed by atoms with Crippen LogP contribution in [0.2, 0.25) is 5.02 Å². The normalized spacial score (nSPS) is 12.2. The van der Waals surface area contributed by atoms with Crippen molar-refractivity contribution in [1.82, 2.24) is 5.32 Å². The lowest BCUT2D eigenvalue weighted by molar-refractivity contribution is 0.0907. The van der Waals surface area contributed by atoms with Crippen molar-refractivity contribution in [3.8, 4) is 0 Å². The number of hydrogen-bond acceptors (Lipinski definition) is 3. The van der Waals surface area contributed by atoms with Gasteiger partial charge in [0, 0.05) is 4.47 Å². The summed E-state index contributed by atoms with van der Waals surface area (Å²) in [7, 11) is 0. The highest BCUT2D eigenvalue weighted by Crippen LogP contribution is 2.26. The number of carbonyl (C=O) groups is 1. The Morgan fingerprint density at radius 3 is 2.84 bits per heavy atom. The number of benzene rings is 1. The van der Waals surface area contributed by atoms with Gasteiger partial charge in [0.1, 0.15) is 11.8 Å². The molecule has 1 aromatic carbocycles. The standard InChI is InChI=1S/C13H11BrClNO3/c14-9-4-1-3-8(12(9)15)13(18)16-10(7-17)11-5-2-6-19-11/h1-6,10,17H,7H2,(H,16,18)/t10-/m1/s1. The predicted molar refractivity (Wildman–Crippen MR) is 75.2 cm³/mol. The van der Waals surface area contributed by atoms with Gasteiger partial charge in [0.2, 0.25) is 0 Å². The van der Waals surface area contributed by atoms with Crippen molar-refractivity contribution < 1.29 is 14.3 Å². The van der Waals surface area contributed by atoms with Crippen LogP contribution in [-0.2, 0) is 0 Å². The minimum Gasteiger partial charge on any atom is -0.467 e. The molecule has 1 aromatic heterocycles. The molecule has 2 rings (SSSR count). The van der Waals surface area contributed by atoms with Crippen molar-refractivity contribution >= 4 is 33.4 Å². The predicted octanol–water partition coefficient (Wildman–Crippen LogP) is 3.16. The fraction of sp³-hybridized carbons (Fsp3) is 0.154. The molecule has 2 aromatic rings. The van der Waals surface area contributed by atoms with Crippen LogP contribution in [-0.4, -0.2) is 17.6 Å². The molecule has 0 spiro atoms. The molecule has 1 heterocycles. The van der Waals surface area contributed by atoms with Gasteiger partial charge in [0.05, 0.1) is 23.5 Å². The monoisotopic (exact) mass is 343 g/mol. The Bertz CT molecular complexity index is 571. The lowest BCUT2D eigenvalue weighted by atomic mass is 10.1. The molecule has 0 unspecified atom stereocenters. The molecular weight excluding hydrogens is 334 g/mol. The van der Waals surface area contributed by atoms with E-state index in [0.717, 1.165) is 0 Å². The van der Waals surface area contributed by atoms with Crippen molar-refractivity contribution in [1.29, 1.82) is 0 Å². The van der Waals surface area contributed by atoms with Gasteiger partial charge in [0.25, 0.3) is 5.91 Å². The van der Waals surface area contributed by atoms with Crippen LogP contribution in [0.15, 0.2) is 45.5 Å². The highest BCUT2D eigenvalue weighted by molar-refractivity contribution is 9.10. The smallest absolute Gasteiger partial charge is 0.253 e. The van der Waals surface area contributed by atoms with E-state index >= 15 is 0 Å². The summed E-state index contributed by atoms with van der Waals surface area (Å²) >= 11 is 9.30. The lowest BCUT2D eigenvalue weighted by Gasteiger charge is -2.14. The first-order valence-electron chi connectivity index (χ1n) is 5.52. The van der Waals surface area contributed by atoms with E-state index in [-0.39, 0.29) is 12.5 Å². The second-order valence-corrected chi connectivity index (χ2v) is 5.06. The molecule has 2 N–H and O–H groups in total. The third-order valence-electron chi connectivity index (χ3n) is 2.57. The van der Waals surface area contributed by atoms with Gasteiger partial charge in [-0.15, -0.1) is 0 Å². The number of nitrogens with one attached hydrogen (secondary N) is 1. The average molecular weight is 345 g/mol. The van der Waals surface area contributed by atoms with Crippen molar-refractivity contribution in [2.75, 3.05) is 6.61 Å². The molecule has 1 amide bonds. The number of aliphatic hydroxyl groups is 1. The Balaban J connectivity index is 2.18. The van der Waals surface area contributed by atoms with Gasteiger partial charge in [-0.2, -0.15) is 0 Å². The van der Waals surface area contributed by atoms with E-state index in [9.17, 15) is 9.90 Å². The molecule has 6 heteroatoms. The number of halogens is 2. The number of furan rings is 1. The highest BCUT2D eigenvalue weighted by atomic mass is 79.9. The fourth-order valence-corrected chi connectivity index (χ4v) is 2.19. The van der Waals surface area contributed by atoms with Gasteiger partial charge >= 0.3 is 0 Å². The van der Waals surface area contributed by atoms with Crippen LogP contribution in [0, 0.1) is 0 Å². The summed E-state index contributed by atoms with van der Waals surface area (Å²) < 4.78 is 5.80. The number of carbonyl (C=O) groups excluding carboxylic acids is 1. The quantitative estimate of drug-likeness (QED) is 0.895. The average Bonchev–Trinajstić information content (AvgIpc) is 2.92. The Morgan fingerprint density at radius 1 is 1.42 bits per heavy atom. The molecule has 0 aliphatic carbocycles. The molecule has 4 nitrogen and oxygen atoms in total. The first-order chi connectivity index (χ1) is 9.13. The molecule has 0 fully saturated rings. The van der Waals surface area contributed by atoms with Crippen LogP contribution < -0.4 is 5.32 Å². The molecule has 0 bridgehead atoms. The Hall–Kier alpha value is -1.30. The number of aliphatic hydroxyl groups excluding tert-OH is 1. The molecule has 0 radical (unpaired) electrons. The van der Waals surface area contributed by atoms with Gasteiger partial charge in [0.15, 0.2) is 0 Å². The first kappa shape index (κ1) is 14.1. The second kappa shape index (κ2) is 6.23. The van der Waals surface area contributed by atoms with E-state index in [1.165, 1.54) is 6.26 Å². The fourth-order valence-electron chi connectivity index (χ4n) is 1.61. The SMILES string of the molecule is O=C(N[C@H](CO)c1ccco1)c1cccc(Br)c1Cl. The lowest BCUT2D eigenvalue weighted by Crippen LogP contribution is -2.30. The number of rotatable bonds is 4. The van der Waals surface area contributed by atoms with Gasteiger partial charge in [-0.25, -0.2) is 0 Å². The molecule has 0 saturated carbocycles. The zero-order valence-corrected chi connectivity index (χ0v) is 12.1. The third kappa shape index (κ3) is 3.18. The van der Waals surface area contributed by atoms with Gasteiger partial charge in [-0.3, -0.25) is 4.79 Å². The Labute approximate surface area is 123 Å². The van der Waals surface area contributed by atoms with Crippen LogP contribution in [0.1, 0.15) is 22.2 Å². The van der Waals surface area contributed by atoms with E-state index in [1.807, 2.05) is 0 Å². The molecule has 0 saturated heterocycles. The van der Waals surface area contributed by atoms with Crippen molar-refractivity contribution in [2.45, 2.75) is 6.04 Å². The zero-order valence-electron chi connectivity index (χ0n) is 9.77. The highest BCUT2D eigenvalue weighted by Gasteiger charge is 2.19. The van der Waals surface area contributed by atoms with Gasteiger partial charge < -0.3 is 14.8 Å². The van der Waals surface area contributed by atoms with E-state index < -0.39 is 6.04 Å². The maximum absolute atomic E-state index is 12.1. The largest absolute Gasteiger partial charge is 0.467 e. The number of amides is 1. The minimum atomic E-state index is -0.599. The summed E-state index contributed by atoms with van der Waals surface area (Å²) in [6.45, 7) is -0.259. The maximum Gasteiger partial charge on any atom is 0.253 e. The van der Waals surface area contributed by atoms with E-state index in [0.29, 0.717) is 20.8 Å². The second-order valence-electron chi connectivity index (χ2n) is 3.83. The third-order valence-corrected chi connectivity index (χ3v) is 3.87. The Morgan fingerprint density at radius 2 is 2.21 bits per heavy atom. The van der Waals surface area contributed by atoms with Crippen molar-refractivity contribution in [3.05, 3.63) is 57.4 Å². The molecule has 100 valence electrons. The zero-order chi connectivity index (χ0) is 13.8. The molecule has 19 heavy (non-hydrogen) atoms. The number of hydrogen-bond donors (Lipinski definition) is 2. The summed E-state index contributed by atoms with van der Waals surface area (Å²) in [6, 6.07) is 7.84. The van der Waals surface area contributed by atoms with E-state index in [1.54, 1.807) is 30.3 Å². The van der Waals surface area contributed by atoms with Crippen LogP contribution in [0.3, 0.4) is 0 Å². The summed E-state index contributed by atoms with van der Waals surface area (Å²) in [5, 5.41) is 12.3. The summed E-state index contributed by atoms with van der Waals surface area (Å²) in [6.07, 6.45) is 1.48. The van der Waals surface area contributed by atoms with Gasteiger partial charge in [-0.05, 0) is 40.2 Å². The Kier molecular flexibility index (Phi) is 4.63. The van der Waals surface area contributed by atoms with Crippen molar-refractivity contribution in [3.63, 3.8) is 0 Å². The molecule has 0 aliphatic heterocycles. The summed E-state index contributed by atoms with van der Waals surface area (Å²) in [5.41, 5.74) is 0.334. The van der Waals surface area contributed by atoms with Crippen molar-refractivity contribution in [2.24, 2.45) is 0 Å². The van der Waals surface area contributed by atoms with E-state index in [2.05, 4.69) is 21.2 Å². The van der Waals surface area contributed by atoms with Crippen LogP contribution in [0.4, 0.5) is 0 Å². The maximum atomic E-state index is 12.1. The summed E-state index contributed by atoms with van der Waals surface area (Å²) in [4.78, 5) is 12.1. The summed E-state index contributed by atoms with van der Waals surface area (Å²) in [5.74, 6) is 0.115.